The van der Waals surface area contributed by atoms with Gasteiger partial charge in [0.1, 0.15) is 0 Å². The molecule has 0 saturated heterocycles. The lowest BCUT2D eigenvalue weighted by Gasteiger charge is -2.40. The van der Waals surface area contributed by atoms with E-state index in [0.717, 1.165) is 23.4 Å². The van der Waals surface area contributed by atoms with E-state index in [1.807, 2.05) is 42.2 Å². The smallest absolute Gasteiger partial charge is 0.303 e. The van der Waals surface area contributed by atoms with Crippen LogP contribution in [0.2, 0.25) is 0 Å². The van der Waals surface area contributed by atoms with Crippen LogP contribution in [0.15, 0.2) is 48.5 Å². The maximum Gasteiger partial charge on any atom is 0.303 e. The molecule has 0 bridgehead atoms. The highest BCUT2D eigenvalue weighted by Gasteiger charge is 2.32. The molecule has 2 atom stereocenters. The summed E-state index contributed by atoms with van der Waals surface area (Å²) in [5, 5.41) is 11.2. The number of carboxylic acids is 1. The molecule has 2 aromatic carbocycles. The molecule has 0 spiro atoms. The summed E-state index contributed by atoms with van der Waals surface area (Å²) in [7, 11) is 0. The van der Waals surface area contributed by atoms with E-state index in [0.29, 0.717) is 12.0 Å². The SMILES string of the molecule is CCC(=O)N1c2ccccc2[C@H](Nc2ccc(C(N)=O)cc2)C[C@@H]1C.CCC(=O)O. The molecule has 7 nitrogen and oxygen atoms in total. The third-order valence-corrected chi connectivity index (χ3v) is 4.97. The van der Waals surface area contributed by atoms with E-state index in [2.05, 4.69) is 18.3 Å². The quantitative estimate of drug-likeness (QED) is 0.689. The summed E-state index contributed by atoms with van der Waals surface area (Å²) >= 11 is 0. The Morgan fingerprint density at radius 3 is 2.20 bits per heavy atom. The fraction of sp³-hybridized carbons (Fsp3) is 0.348. The maximum atomic E-state index is 12.4. The molecule has 0 saturated carbocycles. The second-order valence-corrected chi connectivity index (χ2v) is 7.15. The summed E-state index contributed by atoms with van der Waals surface area (Å²) in [5.41, 5.74) is 8.79. The monoisotopic (exact) mass is 411 g/mol. The molecule has 0 radical (unpaired) electrons. The van der Waals surface area contributed by atoms with Crippen molar-refractivity contribution in [1.82, 2.24) is 0 Å². The van der Waals surface area contributed by atoms with Gasteiger partial charge in [0.15, 0.2) is 0 Å². The van der Waals surface area contributed by atoms with Crippen molar-refractivity contribution in [3.8, 4) is 0 Å². The lowest BCUT2D eigenvalue weighted by molar-refractivity contribution is -0.136. The minimum Gasteiger partial charge on any atom is -0.481 e. The average molecular weight is 412 g/mol. The third-order valence-electron chi connectivity index (χ3n) is 4.97. The largest absolute Gasteiger partial charge is 0.481 e. The molecule has 4 N–H and O–H groups in total. The first-order chi connectivity index (χ1) is 14.3. The Morgan fingerprint density at radius 2 is 1.67 bits per heavy atom. The zero-order valence-electron chi connectivity index (χ0n) is 17.6. The highest BCUT2D eigenvalue weighted by atomic mass is 16.4. The number of para-hydroxylation sites is 1. The average Bonchev–Trinajstić information content (AvgIpc) is 2.74. The number of rotatable bonds is 5. The highest BCUT2D eigenvalue weighted by molar-refractivity contribution is 5.95. The predicted molar refractivity (Wildman–Crippen MR) is 118 cm³/mol. The molecule has 1 aliphatic rings. The van der Waals surface area contributed by atoms with Crippen molar-refractivity contribution in [2.45, 2.75) is 52.1 Å². The fourth-order valence-electron chi connectivity index (χ4n) is 3.43. The van der Waals surface area contributed by atoms with Gasteiger partial charge in [-0.05, 0) is 49.2 Å². The summed E-state index contributed by atoms with van der Waals surface area (Å²) < 4.78 is 0. The number of benzene rings is 2. The number of nitrogens with zero attached hydrogens (tertiary/aromatic N) is 1. The van der Waals surface area contributed by atoms with E-state index in [1.54, 1.807) is 19.1 Å². The summed E-state index contributed by atoms with van der Waals surface area (Å²) in [6.07, 6.45) is 1.53. The van der Waals surface area contributed by atoms with Gasteiger partial charge in [0.05, 0.1) is 6.04 Å². The molecule has 0 aromatic heterocycles. The zero-order valence-corrected chi connectivity index (χ0v) is 17.6. The summed E-state index contributed by atoms with van der Waals surface area (Å²) in [5.74, 6) is -1.04. The number of nitrogens with one attached hydrogen (secondary N) is 1. The van der Waals surface area contributed by atoms with Crippen LogP contribution in [0.4, 0.5) is 11.4 Å². The molecule has 0 fully saturated rings. The number of aliphatic carboxylic acids is 1. The van der Waals surface area contributed by atoms with Gasteiger partial charge < -0.3 is 21.1 Å². The van der Waals surface area contributed by atoms with Gasteiger partial charge in [-0.3, -0.25) is 14.4 Å². The van der Waals surface area contributed by atoms with Crippen molar-refractivity contribution in [3.63, 3.8) is 0 Å². The summed E-state index contributed by atoms with van der Waals surface area (Å²) in [6, 6.07) is 15.4. The van der Waals surface area contributed by atoms with Crippen molar-refractivity contribution >= 4 is 29.2 Å². The molecule has 160 valence electrons. The van der Waals surface area contributed by atoms with Gasteiger partial charge in [-0.1, -0.05) is 32.0 Å². The zero-order chi connectivity index (χ0) is 22.3. The van der Waals surface area contributed by atoms with E-state index in [-0.39, 0.29) is 24.4 Å². The Labute approximate surface area is 176 Å². The van der Waals surface area contributed by atoms with Gasteiger partial charge in [-0.2, -0.15) is 0 Å². The molecular weight excluding hydrogens is 382 g/mol. The van der Waals surface area contributed by atoms with Crippen LogP contribution in [0, 0.1) is 0 Å². The topological polar surface area (TPSA) is 113 Å². The highest BCUT2D eigenvalue weighted by Crippen LogP contribution is 2.39. The van der Waals surface area contributed by atoms with Crippen LogP contribution >= 0.6 is 0 Å². The third kappa shape index (κ3) is 5.59. The van der Waals surface area contributed by atoms with Crippen molar-refractivity contribution in [1.29, 1.82) is 0 Å². The first kappa shape index (κ1) is 22.9. The van der Waals surface area contributed by atoms with E-state index < -0.39 is 11.9 Å². The van der Waals surface area contributed by atoms with Crippen molar-refractivity contribution in [3.05, 3.63) is 59.7 Å². The van der Waals surface area contributed by atoms with Crippen LogP contribution in [-0.2, 0) is 9.59 Å². The lowest BCUT2D eigenvalue weighted by atomic mass is 9.91. The molecule has 30 heavy (non-hydrogen) atoms. The van der Waals surface area contributed by atoms with Crippen LogP contribution < -0.4 is 16.0 Å². The number of carbonyl (C=O) groups excluding carboxylic acids is 2. The molecular formula is C23H29N3O4. The number of nitrogens with two attached hydrogens (primary N) is 1. The van der Waals surface area contributed by atoms with Crippen LogP contribution in [0.25, 0.3) is 0 Å². The van der Waals surface area contributed by atoms with Crippen molar-refractivity contribution in [2.24, 2.45) is 5.73 Å². The van der Waals surface area contributed by atoms with Crippen LogP contribution in [-0.4, -0.2) is 28.9 Å². The lowest BCUT2D eigenvalue weighted by Crippen LogP contribution is -2.44. The van der Waals surface area contributed by atoms with E-state index in [9.17, 15) is 14.4 Å². The second-order valence-electron chi connectivity index (χ2n) is 7.15. The number of hydrogen-bond donors (Lipinski definition) is 3. The number of primary amides is 1. The van der Waals surface area contributed by atoms with Crippen molar-refractivity contribution in [2.75, 3.05) is 10.2 Å². The maximum absolute atomic E-state index is 12.4. The summed E-state index contributed by atoms with van der Waals surface area (Å²) in [4.78, 5) is 34.8. The number of amides is 2. The number of carboxylic acid groups (broad SMARTS) is 1. The second kappa shape index (κ2) is 10.4. The van der Waals surface area contributed by atoms with Crippen LogP contribution in [0.5, 0.6) is 0 Å². The van der Waals surface area contributed by atoms with E-state index >= 15 is 0 Å². The van der Waals surface area contributed by atoms with Gasteiger partial charge >= 0.3 is 5.97 Å². The molecule has 0 unspecified atom stereocenters. The number of carbonyl (C=O) groups is 3. The molecule has 2 amide bonds. The molecule has 3 rings (SSSR count). The van der Waals surface area contributed by atoms with E-state index in [4.69, 9.17) is 10.8 Å². The molecule has 7 heteroatoms. The Kier molecular flexibility index (Phi) is 7.98. The number of anilines is 2. The Bertz CT molecular complexity index is 896. The normalized spacial score (nSPS) is 17.2. The molecule has 2 aromatic rings. The number of hydrogen-bond acceptors (Lipinski definition) is 4. The van der Waals surface area contributed by atoms with Gasteiger partial charge in [-0.15, -0.1) is 0 Å². The van der Waals surface area contributed by atoms with Gasteiger partial charge in [0.25, 0.3) is 0 Å². The minimum absolute atomic E-state index is 0.103. The van der Waals surface area contributed by atoms with Gasteiger partial charge in [0.2, 0.25) is 11.8 Å². The number of fused-ring (bicyclic) bond motifs is 1. The van der Waals surface area contributed by atoms with E-state index in [1.165, 1.54) is 0 Å². The standard InChI is InChI=1S/C20H23N3O2.C3H6O2/c1-3-19(24)23-13(2)12-17(16-6-4-5-7-18(16)23)22-15-10-8-14(9-11-15)20(21)25;1-2-3(4)5/h4-11,13,17,22H,3,12H2,1-2H3,(H2,21,25);2H2,1H3,(H,4,5)/t13-,17+;/m0./s1. The molecule has 0 aliphatic carbocycles. The first-order valence-electron chi connectivity index (χ1n) is 10.1. The minimum atomic E-state index is -0.745. The Morgan fingerprint density at radius 1 is 1.07 bits per heavy atom. The molecule has 1 aliphatic heterocycles. The van der Waals surface area contributed by atoms with Gasteiger partial charge in [0, 0.05) is 35.8 Å². The first-order valence-corrected chi connectivity index (χ1v) is 10.1. The Hall–Kier alpha value is -3.35. The van der Waals surface area contributed by atoms with Crippen molar-refractivity contribution < 1.29 is 19.5 Å². The van der Waals surface area contributed by atoms with Crippen LogP contribution in [0.3, 0.4) is 0 Å². The predicted octanol–water partition coefficient (Wildman–Crippen LogP) is 3.95. The van der Waals surface area contributed by atoms with Gasteiger partial charge in [-0.25, -0.2) is 0 Å². The molecule has 1 heterocycles. The summed E-state index contributed by atoms with van der Waals surface area (Å²) in [6.45, 7) is 5.57. The van der Waals surface area contributed by atoms with Crippen LogP contribution in [0.1, 0.15) is 62.0 Å². The Balaban J connectivity index is 0.000000575. The fourth-order valence-corrected chi connectivity index (χ4v) is 3.43.